The second-order valence-electron chi connectivity index (χ2n) is 5.16. The molecule has 1 amide bonds. The van der Waals surface area contributed by atoms with Gasteiger partial charge in [0.25, 0.3) is 5.91 Å². The van der Waals surface area contributed by atoms with Gasteiger partial charge in [-0.1, -0.05) is 24.3 Å². The van der Waals surface area contributed by atoms with E-state index in [1.807, 2.05) is 24.3 Å². The van der Waals surface area contributed by atoms with E-state index < -0.39 is 0 Å². The summed E-state index contributed by atoms with van der Waals surface area (Å²) >= 11 is 0. The molecule has 1 aromatic heterocycles. The average Bonchev–Trinajstić information content (AvgIpc) is 2.93. The van der Waals surface area contributed by atoms with Crippen LogP contribution < -0.4 is 5.32 Å². The molecule has 1 N–H and O–H groups in total. The summed E-state index contributed by atoms with van der Waals surface area (Å²) in [6.07, 6.45) is 5.27. The molecule has 0 aliphatic heterocycles. The first-order valence-corrected chi connectivity index (χ1v) is 7.32. The van der Waals surface area contributed by atoms with Gasteiger partial charge in [-0.05, 0) is 17.7 Å². The highest BCUT2D eigenvalue weighted by molar-refractivity contribution is 6.03. The number of carbonyl (C=O) groups excluding carboxylic acids is 1. The number of anilines is 1. The SMILES string of the molecule is C=CCN(CC=C)Cc1ccc(C(=O)Nc2ncn(C)n2)cc1. The minimum absolute atomic E-state index is 0.225. The average molecular weight is 311 g/mol. The molecule has 0 fully saturated rings. The molecule has 0 spiro atoms. The molecule has 0 radical (unpaired) electrons. The van der Waals surface area contributed by atoms with E-state index in [-0.39, 0.29) is 5.91 Å². The van der Waals surface area contributed by atoms with Crippen LogP contribution in [0.2, 0.25) is 0 Å². The fourth-order valence-corrected chi connectivity index (χ4v) is 2.16. The van der Waals surface area contributed by atoms with E-state index in [0.29, 0.717) is 11.5 Å². The smallest absolute Gasteiger partial charge is 0.258 e. The molecule has 0 aliphatic carbocycles. The van der Waals surface area contributed by atoms with Crippen LogP contribution in [0.25, 0.3) is 0 Å². The van der Waals surface area contributed by atoms with Crippen molar-refractivity contribution in [2.75, 3.05) is 18.4 Å². The second kappa shape index (κ2) is 8.05. The standard InChI is InChI=1S/C17H21N5O/c1-4-10-22(11-5-2)12-14-6-8-15(9-7-14)16(23)19-17-18-13-21(3)20-17/h4-9,13H,1-2,10-12H2,3H3,(H,19,20,23). The van der Waals surface area contributed by atoms with Gasteiger partial charge in [0.2, 0.25) is 5.95 Å². The number of benzene rings is 1. The lowest BCUT2D eigenvalue weighted by Crippen LogP contribution is -2.23. The number of aryl methyl sites for hydroxylation is 1. The van der Waals surface area contributed by atoms with Crippen LogP contribution in [0.3, 0.4) is 0 Å². The molecule has 0 unspecified atom stereocenters. The second-order valence-corrected chi connectivity index (χ2v) is 5.16. The minimum atomic E-state index is -0.225. The van der Waals surface area contributed by atoms with E-state index in [4.69, 9.17) is 0 Å². The fraction of sp³-hybridized carbons (Fsp3) is 0.235. The van der Waals surface area contributed by atoms with Crippen molar-refractivity contribution in [1.82, 2.24) is 19.7 Å². The van der Waals surface area contributed by atoms with Crippen molar-refractivity contribution in [3.63, 3.8) is 0 Å². The van der Waals surface area contributed by atoms with Gasteiger partial charge in [-0.15, -0.1) is 18.3 Å². The molecule has 0 saturated heterocycles. The van der Waals surface area contributed by atoms with Crippen LogP contribution in [0, 0.1) is 0 Å². The summed E-state index contributed by atoms with van der Waals surface area (Å²) in [5, 5.41) is 6.68. The predicted molar refractivity (Wildman–Crippen MR) is 91.1 cm³/mol. The maximum absolute atomic E-state index is 12.1. The molecule has 0 aliphatic rings. The number of amides is 1. The largest absolute Gasteiger partial charge is 0.292 e. The number of hydrogen-bond donors (Lipinski definition) is 1. The number of aromatic nitrogens is 3. The number of hydrogen-bond acceptors (Lipinski definition) is 4. The third-order valence-corrected chi connectivity index (χ3v) is 3.22. The van der Waals surface area contributed by atoms with Crippen LogP contribution in [0.4, 0.5) is 5.95 Å². The zero-order valence-corrected chi connectivity index (χ0v) is 13.3. The van der Waals surface area contributed by atoms with Crippen LogP contribution in [0.15, 0.2) is 55.9 Å². The van der Waals surface area contributed by atoms with Crippen molar-refractivity contribution in [3.05, 3.63) is 67.0 Å². The van der Waals surface area contributed by atoms with Gasteiger partial charge in [0, 0.05) is 32.2 Å². The van der Waals surface area contributed by atoms with Crippen LogP contribution in [-0.2, 0) is 13.6 Å². The molecule has 6 heteroatoms. The molecule has 6 nitrogen and oxygen atoms in total. The highest BCUT2D eigenvalue weighted by Crippen LogP contribution is 2.09. The Morgan fingerprint density at radius 3 is 2.43 bits per heavy atom. The molecule has 1 aromatic carbocycles. The molecule has 1 heterocycles. The van der Waals surface area contributed by atoms with E-state index in [1.165, 1.54) is 11.0 Å². The Labute approximate surface area is 136 Å². The third kappa shape index (κ3) is 4.89. The predicted octanol–water partition coefficient (Wildman–Crippen LogP) is 2.24. The summed E-state index contributed by atoms with van der Waals surface area (Å²) < 4.78 is 1.53. The Balaban J connectivity index is 1.99. The molecule has 2 rings (SSSR count). The van der Waals surface area contributed by atoms with Gasteiger partial charge in [-0.25, -0.2) is 4.98 Å². The first-order valence-electron chi connectivity index (χ1n) is 7.32. The van der Waals surface area contributed by atoms with Crippen molar-refractivity contribution in [2.24, 2.45) is 7.05 Å². The summed E-state index contributed by atoms with van der Waals surface area (Å²) in [5.41, 5.74) is 1.70. The number of nitrogens with zero attached hydrogens (tertiary/aromatic N) is 4. The topological polar surface area (TPSA) is 63.1 Å². The molecule has 2 aromatic rings. The van der Waals surface area contributed by atoms with Crippen molar-refractivity contribution in [2.45, 2.75) is 6.54 Å². The van der Waals surface area contributed by atoms with Crippen molar-refractivity contribution in [3.8, 4) is 0 Å². The molecule has 120 valence electrons. The van der Waals surface area contributed by atoms with Crippen LogP contribution in [-0.4, -0.2) is 38.7 Å². The Hall–Kier alpha value is -2.73. The maximum Gasteiger partial charge on any atom is 0.258 e. The summed E-state index contributed by atoms with van der Waals surface area (Å²) in [4.78, 5) is 18.3. The van der Waals surface area contributed by atoms with Crippen molar-refractivity contribution >= 4 is 11.9 Å². The number of rotatable bonds is 8. The summed E-state index contributed by atoms with van der Waals surface area (Å²) in [6, 6.07) is 7.49. The number of carbonyl (C=O) groups is 1. The van der Waals surface area contributed by atoms with Gasteiger partial charge in [-0.3, -0.25) is 19.7 Å². The Morgan fingerprint density at radius 1 is 1.26 bits per heavy atom. The van der Waals surface area contributed by atoms with Gasteiger partial charge in [0.05, 0.1) is 0 Å². The Bertz CT molecular complexity index is 665. The molecular formula is C17H21N5O. The molecular weight excluding hydrogens is 290 g/mol. The Kier molecular flexibility index (Phi) is 5.82. The third-order valence-electron chi connectivity index (χ3n) is 3.22. The maximum atomic E-state index is 12.1. The van der Waals surface area contributed by atoms with Gasteiger partial charge in [0.1, 0.15) is 6.33 Å². The van der Waals surface area contributed by atoms with E-state index >= 15 is 0 Å². The minimum Gasteiger partial charge on any atom is -0.292 e. The van der Waals surface area contributed by atoms with Gasteiger partial charge >= 0.3 is 0 Å². The van der Waals surface area contributed by atoms with E-state index in [9.17, 15) is 4.79 Å². The van der Waals surface area contributed by atoms with Crippen LogP contribution in [0.1, 0.15) is 15.9 Å². The van der Waals surface area contributed by atoms with E-state index in [2.05, 4.69) is 33.5 Å². The van der Waals surface area contributed by atoms with Gasteiger partial charge in [-0.2, -0.15) is 0 Å². The van der Waals surface area contributed by atoms with Crippen molar-refractivity contribution in [1.29, 1.82) is 0 Å². The first-order chi connectivity index (χ1) is 11.1. The van der Waals surface area contributed by atoms with Gasteiger partial charge in [0.15, 0.2) is 0 Å². The summed E-state index contributed by atoms with van der Waals surface area (Å²) in [7, 11) is 1.75. The lowest BCUT2D eigenvalue weighted by atomic mass is 10.1. The highest BCUT2D eigenvalue weighted by atomic mass is 16.1. The fourth-order valence-electron chi connectivity index (χ4n) is 2.16. The van der Waals surface area contributed by atoms with E-state index in [0.717, 1.165) is 25.2 Å². The normalized spacial score (nSPS) is 10.5. The van der Waals surface area contributed by atoms with Gasteiger partial charge < -0.3 is 0 Å². The van der Waals surface area contributed by atoms with E-state index in [1.54, 1.807) is 19.2 Å². The zero-order valence-electron chi connectivity index (χ0n) is 13.3. The highest BCUT2D eigenvalue weighted by Gasteiger charge is 2.09. The molecule has 0 bridgehead atoms. The Morgan fingerprint density at radius 2 is 1.91 bits per heavy atom. The summed E-state index contributed by atoms with van der Waals surface area (Å²) in [5.74, 6) is 0.0708. The van der Waals surface area contributed by atoms with Crippen LogP contribution in [0.5, 0.6) is 0 Å². The zero-order chi connectivity index (χ0) is 16.7. The van der Waals surface area contributed by atoms with Crippen LogP contribution >= 0.6 is 0 Å². The first kappa shape index (κ1) is 16.6. The lowest BCUT2D eigenvalue weighted by molar-refractivity contribution is 0.102. The molecule has 23 heavy (non-hydrogen) atoms. The molecule has 0 atom stereocenters. The number of nitrogens with one attached hydrogen (secondary N) is 1. The monoisotopic (exact) mass is 311 g/mol. The quantitative estimate of drug-likeness (QED) is 0.760. The van der Waals surface area contributed by atoms with Crippen molar-refractivity contribution < 1.29 is 4.79 Å². The summed E-state index contributed by atoms with van der Waals surface area (Å²) in [6.45, 7) is 9.88. The molecule has 0 saturated carbocycles. The lowest BCUT2D eigenvalue weighted by Gasteiger charge is -2.18.